The van der Waals surface area contributed by atoms with Crippen molar-refractivity contribution in [2.75, 3.05) is 20.4 Å². The lowest BCUT2D eigenvalue weighted by Crippen LogP contribution is -2.43. The van der Waals surface area contributed by atoms with Gasteiger partial charge >= 0.3 is 11.8 Å². The molecule has 2 heterocycles. The summed E-state index contributed by atoms with van der Waals surface area (Å²) in [6.07, 6.45) is 0.350. The molecule has 0 aromatic carbocycles. The summed E-state index contributed by atoms with van der Waals surface area (Å²) in [6, 6.07) is -0.341. The van der Waals surface area contributed by atoms with Crippen molar-refractivity contribution in [2.24, 2.45) is 0 Å². The average Bonchev–Trinajstić information content (AvgIpc) is 3.07. The fourth-order valence-corrected chi connectivity index (χ4v) is 2.51. The van der Waals surface area contributed by atoms with Crippen LogP contribution in [-0.2, 0) is 14.2 Å². The minimum Gasteiger partial charge on any atom is -0.444 e. The van der Waals surface area contributed by atoms with Gasteiger partial charge in [0.25, 0.3) is 0 Å². The van der Waals surface area contributed by atoms with E-state index < -0.39 is 23.6 Å². The number of carbonyl (C=O) groups is 1. The van der Waals surface area contributed by atoms with Gasteiger partial charge in [0.05, 0.1) is 6.04 Å². The van der Waals surface area contributed by atoms with Crippen LogP contribution in [0.1, 0.15) is 45.6 Å². The Hall–Kier alpha value is -1.87. The Labute approximate surface area is 133 Å². The predicted molar refractivity (Wildman–Crippen MR) is 78.8 cm³/mol. The zero-order valence-electron chi connectivity index (χ0n) is 13.8. The van der Waals surface area contributed by atoms with Gasteiger partial charge in [-0.25, -0.2) is 14.7 Å². The first-order valence-corrected chi connectivity index (χ1v) is 7.47. The Kier molecular flexibility index (Phi) is 5.42. The van der Waals surface area contributed by atoms with E-state index in [0.29, 0.717) is 13.0 Å². The summed E-state index contributed by atoms with van der Waals surface area (Å²) >= 11 is 0. The molecule has 1 N–H and O–H groups in total. The summed E-state index contributed by atoms with van der Waals surface area (Å²) in [4.78, 5) is 25.2. The molecule has 9 nitrogen and oxygen atoms in total. The van der Waals surface area contributed by atoms with Crippen molar-refractivity contribution >= 4 is 6.09 Å². The molecule has 0 saturated carbocycles. The van der Waals surface area contributed by atoms with Gasteiger partial charge in [0, 0.05) is 13.7 Å². The summed E-state index contributed by atoms with van der Waals surface area (Å²) in [5, 5.41) is 6.02. The van der Waals surface area contributed by atoms with E-state index in [1.807, 2.05) is 20.8 Å². The second-order valence-corrected chi connectivity index (χ2v) is 6.33. The summed E-state index contributed by atoms with van der Waals surface area (Å²) in [6.45, 7) is 5.95. The highest BCUT2D eigenvalue weighted by Crippen LogP contribution is 2.32. The van der Waals surface area contributed by atoms with Crippen LogP contribution in [0.5, 0.6) is 0 Å². The van der Waals surface area contributed by atoms with Crippen LogP contribution in [0.25, 0.3) is 0 Å². The third-order valence-corrected chi connectivity index (χ3v) is 3.34. The van der Waals surface area contributed by atoms with Gasteiger partial charge < -0.3 is 23.5 Å². The van der Waals surface area contributed by atoms with Gasteiger partial charge in [-0.05, 0) is 33.6 Å². The topological polar surface area (TPSA) is 107 Å². The minimum absolute atomic E-state index is 0.0140. The van der Waals surface area contributed by atoms with Gasteiger partial charge in [-0.2, -0.15) is 0 Å². The van der Waals surface area contributed by atoms with E-state index in [2.05, 4.69) is 10.2 Å². The average molecular weight is 329 g/mol. The number of nitrogens with zero attached hydrogens (tertiary/aromatic N) is 2. The standard InChI is InChI=1S/C14H23N3O6/c1-14(2,3)23-13(19)17-7-5-6-9(17)10(21-8-20-4)11-15-16-12(18)22-11/h9-10H,5-8H2,1-4H3,(H,16,18)/t9-,10?/m0/s1. The highest BCUT2D eigenvalue weighted by atomic mass is 16.7. The number of likely N-dealkylation sites (tertiary alicyclic amines) is 1. The molecule has 0 radical (unpaired) electrons. The van der Waals surface area contributed by atoms with Crippen LogP contribution < -0.4 is 5.76 Å². The number of aromatic nitrogens is 2. The van der Waals surface area contributed by atoms with Crippen molar-refractivity contribution in [3.8, 4) is 0 Å². The number of rotatable bonds is 5. The largest absolute Gasteiger partial charge is 0.444 e. The summed E-state index contributed by atoms with van der Waals surface area (Å²) in [5.41, 5.74) is -0.591. The van der Waals surface area contributed by atoms with Gasteiger partial charge in [-0.1, -0.05) is 0 Å². The highest BCUT2D eigenvalue weighted by molar-refractivity contribution is 5.69. The van der Waals surface area contributed by atoms with Crippen LogP contribution in [0.15, 0.2) is 9.21 Å². The summed E-state index contributed by atoms with van der Waals surface area (Å²) in [7, 11) is 1.48. The molecule has 0 aliphatic carbocycles. The second kappa shape index (κ2) is 7.14. The predicted octanol–water partition coefficient (Wildman–Crippen LogP) is 1.42. The first-order valence-electron chi connectivity index (χ1n) is 7.47. The number of H-pyrrole nitrogens is 1. The zero-order chi connectivity index (χ0) is 17.0. The van der Waals surface area contributed by atoms with Gasteiger partial charge in [-0.3, -0.25) is 0 Å². The van der Waals surface area contributed by atoms with Crippen molar-refractivity contribution in [2.45, 2.75) is 51.4 Å². The summed E-state index contributed by atoms with van der Waals surface area (Å²) < 4.78 is 20.9. The molecule has 1 fully saturated rings. The minimum atomic E-state index is -0.705. The molecule has 130 valence electrons. The lowest BCUT2D eigenvalue weighted by molar-refractivity contribution is -0.106. The molecule has 2 rings (SSSR count). The number of hydrogen-bond donors (Lipinski definition) is 1. The van der Waals surface area contributed by atoms with Crippen LogP contribution in [0.2, 0.25) is 0 Å². The number of aromatic amines is 1. The lowest BCUT2D eigenvalue weighted by atomic mass is 10.1. The monoisotopic (exact) mass is 329 g/mol. The number of nitrogens with one attached hydrogen (secondary N) is 1. The molecule has 1 aromatic heterocycles. The fraction of sp³-hybridized carbons (Fsp3) is 0.786. The molecule has 2 atom stereocenters. The molecular weight excluding hydrogens is 306 g/mol. The first kappa shape index (κ1) is 17.5. The number of hydrogen-bond acceptors (Lipinski definition) is 7. The van der Waals surface area contributed by atoms with Crippen molar-refractivity contribution < 1.29 is 23.4 Å². The van der Waals surface area contributed by atoms with Gasteiger partial charge in [-0.15, -0.1) is 5.10 Å². The van der Waals surface area contributed by atoms with E-state index in [1.54, 1.807) is 4.90 Å². The molecule has 9 heteroatoms. The van der Waals surface area contributed by atoms with Gasteiger partial charge in [0.2, 0.25) is 5.89 Å². The maximum absolute atomic E-state index is 12.4. The SMILES string of the molecule is COCOC(c1n[nH]c(=O)o1)[C@@H]1CCCN1C(=O)OC(C)(C)C. The van der Waals surface area contributed by atoms with Crippen LogP contribution in [-0.4, -0.2) is 53.3 Å². The van der Waals surface area contributed by atoms with E-state index in [-0.39, 0.29) is 18.7 Å². The molecule has 1 aliphatic heterocycles. The number of ether oxygens (including phenoxy) is 3. The zero-order valence-corrected chi connectivity index (χ0v) is 13.8. The number of methoxy groups -OCH3 is 1. The Morgan fingerprint density at radius 1 is 1.52 bits per heavy atom. The number of carbonyl (C=O) groups excluding carboxylic acids is 1. The van der Waals surface area contributed by atoms with Gasteiger partial charge in [0.1, 0.15) is 12.4 Å². The third kappa shape index (κ3) is 4.55. The Balaban J connectivity index is 2.19. The third-order valence-electron chi connectivity index (χ3n) is 3.34. The Morgan fingerprint density at radius 3 is 2.83 bits per heavy atom. The van der Waals surface area contributed by atoms with E-state index in [4.69, 9.17) is 18.6 Å². The van der Waals surface area contributed by atoms with E-state index in [1.165, 1.54) is 7.11 Å². The maximum Gasteiger partial charge on any atom is 0.434 e. The highest BCUT2D eigenvalue weighted by Gasteiger charge is 2.40. The molecule has 1 unspecified atom stereocenters. The van der Waals surface area contributed by atoms with Crippen LogP contribution in [0.3, 0.4) is 0 Å². The van der Waals surface area contributed by atoms with Crippen molar-refractivity contribution in [1.82, 2.24) is 15.1 Å². The molecule has 1 aromatic rings. The fourth-order valence-electron chi connectivity index (χ4n) is 2.51. The molecule has 0 bridgehead atoms. The summed E-state index contributed by atoms with van der Waals surface area (Å²) in [5.74, 6) is -0.583. The molecule has 0 spiro atoms. The van der Waals surface area contributed by atoms with E-state index in [9.17, 15) is 9.59 Å². The maximum atomic E-state index is 12.4. The number of amides is 1. The van der Waals surface area contributed by atoms with E-state index >= 15 is 0 Å². The van der Waals surface area contributed by atoms with Crippen molar-refractivity contribution in [1.29, 1.82) is 0 Å². The van der Waals surface area contributed by atoms with Crippen molar-refractivity contribution in [3.05, 3.63) is 16.4 Å². The lowest BCUT2D eigenvalue weighted by Gasteiger charge is -2.31. The molecule has 1 saturated heterocycles. The first-order chi connectivity index (χ1) is 10.8. The second-order valence-electron chi connectivity index (χ2n) is 6.33. The van der Waals surface area contributed by atoms with Crippen molar-refractivity contribution in [3.63, 3.8) is 0 Å². The van der Waals surface area contributed by atoms with Gasteiger partial charge in [0.15, 0.2) is 6.10 Å². The molecule has 1 aliphatic rings. The Bertz CT molecular complexity index is 576. The molecule has 1 amide bonds. The van der Waals surface area contributed by atoms with Crippen LogP contribution in [0.4, 0.5) is 4.79 Å². The van der Waals surface area contributed by atoms with Crippen LogP contribution in [0, 0.1) is 0 Å². The molecule has 23 heavy (non-hydrogen) atoms. The van der Waals surface area contributed by atoms with Crippen LogP contribution >= 0.6 is 0 Å². The van der Waals surface area contributed by atoms with E-state index in [0.717, 1.165) is 6.42 Å². The molecular formula is C14H23N3O6. The quantitative estimate of drug-likeness (QED) is 0.814. The Morgan fingerprint density at radius 2 is 2.26 bits per heavy atom. The smallest absolute Gasteiger partial charge is 0.434 e. The normalized spacial score (nSPS) is 19.8.